The van der Waals surface area contributed by atoms with E-state index in [2.05, 4.69) is 9.97 Å². The lowest BCUT2D eigenvalue weighted by atomic mass is 10.2. The number of carbonyl (C=O) groups excluding carboxylic acids is 1. The van der Waals surface area contributed by atoms with Gasteiger partial charge < -0.3 is 0 Å². The first-order valence-corrected chi connectivity index (χ1v) is 5.03. The van der Waals surface area contributed by atoms with Gasteiger partial charge in [-0.3, -0.25) is 4.79 Å². The lowest BCUT2D eigenvalue weighted by molar-refractivity contribution is 0.103. The van der Waals surface area contributed by atoms with Gasteiger partial charge in [-0.05, 0) is 18.2 Å². The number of hydrogen-bond donors (Lipinski definition) is 0. The van der Waals surface area contributed by atoms with Crippen molar-refractivity contribution in [2.45, 2.75) is 0 Å². The van der Waals surface area contributed by atoms with Gasteiger partial charge in [0.1, 0.15) is 12.0 Å². The molecular formula is C9H5ClN2OS. The number of hydrogen-bond acceptors (Lipinski definition) is 4. The van der Waals surface area contributed by atoms with Crippen molar-refractivity contribution in [2.75, 3.05) is 0 Å². The molecule has 0 spiro atoms. The average Bonchev–Trinajstić information content (AvgIpc) is 2.65. The van der Waals surface area contributed by atoms with Crippen LogP contribution in [0.25, 0.3) is 0 Å². The van der Waals surface area contributed by atoms with E-state index in [1.54, 1.807) is 18.2 Å². The van der Waals surface area contributed by atoms with Gasteiger partial charge >= 0.3 is 0 Å². The molecule has 14 heavy (non-hydrogen) atoms. The van der Waals surface area contributed by atoms with Crippen molar-refractivity contribution < 1.29 is 4.79 Å². The number of carbonyl (C=O) groups is 1. The van der Waals surface area contributed by atoms with Gasteiger partial charge in [-0.25, -0.2) is 9.97 Å². The number of halogens is 1. The van der Waals surface area contributed by atoms with Crippen LogP contribution in [0.2, 0.25) is 4.34 Å². The van der Waals surface area contributed by atoms with E-state index in [1.165, 1.54) is 23.9 Å². The van der Waals surface area contributed by atoms with E-state index in [4.69, 9.17) is 11.6 Å². The fraction of sp³-hybridized carbons (Fsp3) is 0. The Morgan fingerprint density at radius 3 is 2.79 bits per heavy atom. The topological polar surface area (TPSA) is 42.9 Å². The molecule has 0 atom stereocenters. The first-order chi connectivity index (χ1) is 6.77. The summed E-state index contributed by atoms with van der Waals surface area (Å²) in [6, 6.07) is 4.97. The maximum atomic E-state index is 11.7. The summed E-state index contributed by atoms with van der Waals surface area (Å²) in [6.07, 6.45) is 2.89. The smallest absolute Gasteiger partial charge is 0.221 e. The zero-order valence-electron chi connectivity index (χ0n) is 6.98. The molecule has 0 aliphatic rings. The van der Waals surface area contributed by atoms with E-state index >= 15 is 0 Å². The van der Waals surface area contributed by atoms with Crippen molar-refractivity contribution in [3.63, 3.8) is 0 Å². The Bertz CT molecular complexity index is 455. The first kappa shape index (κ1) is 9.30. The van der Waals surface area contributed by atoms with Crippen LogP contribution >= 0.6 is 22.9 Å². The van der Waals surface area contributed by atoms with Crippen LogP contribution in [0.1, 0.15) is 15.4 Å². The molecule has 0 unspecified atom stereocenters. The van der Waals surface area contributed by atoms with Crippen LogP contribution in [-0.2, 0) is 0 Å². The summed E-state index contributed by atoms with van der Waals surface area (Å²) in [7, 11) is 0. The minimum absolute atomic E-state index is 0.121. The molecule has 0 bridgehead atoms. The second-order valence-electron chi connectivity index (χ2n) is 2.53. The molecule has 0 aromatic carbocycles. The molecule has 0 amide bonds. The van der Waals surface area contributed by atoms with Gasteiger partial charge in [-0.2, -0.15) is 0 Å². The summed E-state index contributed by atoms with van der Waals surface area (Å²) >= 11 is 6.97. The highest BCUT2D eigenvalue weighted by molar-refractivity contribution is 7.18. The summed E-state index contributed by atoms with van der Waals surface area (Å²) in [4.78, 5) is 19.9. The summed E-state index contributed by atoms with van der Waals surface area (Å²) in [5.41, 5.74) is 0.388. The third-order valence-electron chi connectivity index (χ3n) is 1.61. The normalized spacial score (nSPS) is 10.1. The van der Waals surface area contributed by atoms with Gasteiger partial charge in [0.05, 0.1) is 9.21 Å². The number of ketones is 1. The fourth-order valence-corrected chi connectivity index (χ4v) is 1.98. The molecule has 0 radical (unpaired) electrons. The molecule has 0 saturated carbocycles. The largest absolute Gasteiger partial charge is 0.286 e. The van der Waals surface area contributed by atoms with Crippen LogP contribution in [0.15, 0.2) is 30.7 Å². The van der Waals surface area contributed by atoms with Crippen LogP contribution in [-0.4, -0.2) is 15.8 Å². The van der Waals surface area contributed by atoms with Gasteiger partial charge in [-0.15, -0.1) is 11.3 Å². The predicted molar refractivity (Wildman–Crippen MR) is 54.8 cm³/mol. The summed E-state index contributed by atoms with van der Waals surface area (Å²) in [5, 5.41) is 0. The van der Waals surface area contributed by atoms with Crippen LogP contribution in [0.4, 0.5) is 0 Å². The van der Waals surface area contributed by atoms with E-state index in [9.17, 15) is 4.79 Å². The quantitative estimate of drug-likeness (QED) is 0.736. The second-order valence-corrected chi connectivity index (χ2v) is 4.24. The van der Waals surface area contributed by atoms with Crippen LogP contribution in [0.5, 0.6) is 0 Å². The molecule has 2 heterocycles. The maximum absolute atomic E-state index is 11.7. The lowest BCUT2D eigenvalue weighted by Gasteiger charge is -1.94. The van der Waals surface area contributed by atoms with Crippen LogP contribution in [0, 0.1) is 0 Å². The van der Waals surface area contributed by atoms with E-state index in [0.717, 1.165) is 0 Å². The van der Waals surface area contributed by atoms with Crippen molar-refractivity contribution >= 4 is 28.7 Å². The standard InChI is InChI=1S/C9H5ClN2OS/c10-8-2-1-7(14-8)9(13)6-3-4-11-5-12-6/h1-5H. The Balaban J connectivity index is 2.34. The highest BCUT2D eigenvalue weighted by atomic mass is 35.5. The highest BCUT2D eigenvalue weighted by Crippen LogP contribution is 2.23. The Morgan fingerprint density at radius 2 is 2.21 bits per heavy atom. The Kier molecular flexibility index (Phi) is 2.56. The number of thiophene rings is 1. The average molecular weight is 225 g/mol. The van der Waals surface area contributed by atoms with Gasteiger partial charge in [0.15, 0.2) is 0 Å². The van der Waals surface area contributed by atoms with Gasteiger partial charge in [0.25, 0.3) is 0 Å². The van der Waals surface area contributed by atoms with E-state index < -0.39 is 0 Å². The number of aromatic nitrogens is 2. The van der Waals surface area contributed by atoms with Gasteiger partial charge in [0, 0.05) is 6.20 Å². The molecule has 3 nitrogen and oxygen atoms in total. The predicted octanol–water partition coefficient (Wildman–Crippen LogP) is 2.42. The fourth-order valence-electron chi connectivity index (χ4n) is 0.988. The van der Waals surface area contributed by atoms with E-state index in [0.29, 0.717) is 14.9 Å². The third-order valence-corrected chi connectivity index (χ3v) is 2.84. The lowest BCUT2D eigenvalue weighted by Crippen LogP contribution is -2.01. The monoisotopic (exact) mass is 224 g/mol. The molecule has 0 aliphatic carbocycles. The first-order valence-electron chi connectivity index (χ1n) is 3.83. The van der Waals surface area contributed by atoms with Crippen molar-refractivity contribution in [1.82, 2.24) is 9.97 Å². The molecule has 0 N–H and O–H groups in total. The van der Waals surface area contributed by atoms with E-state index in [1.807, 2.05) is 0 Å². The minimum Gasteiger partial charge on any atom is -0.286 e. The third kappa shape index (κ3) is 1.81. The van der Waals surface area contributed by atoms with Crippen molar-refractivity contribution in [3.8, 4) is 0 Å². The van der Waals surface area contributed by atoms with Crippen molar-refractivity contribution in [1.29, 1.82) is 0 Å². The van der Waals surface area contributed by atoms with Gasteiger partial charge in [-0.1, -0.05) is 11.6 Å². The van der Waals surface area contributed by atoms with Gasteiger partial charge in [0.2, 0.25) is 5.78 Å². The van der Waals surface area contributed by atoms with Crippen molar-refractivity contribution in [3.05, 3.63) is 45.6 Å². The maximum Gasteiger partial charge on any atom is 0.221 e. The minimum atomic E-state index is -0.121. The Labute approximate surface area is 89.4 Å². The molecule has 5 heteroatoms. The molecule has 0 saturated heterocycles. The molecular weight excluding hydrogens is 220 g/mol. The van der Waals surface area contributed by atoms with Crippen LogP contribution < -0.4 is 0 Å². The van der Waals surface area contributed by atoms with Crippen LogP contribution in [0.3, 0.4) is 0 Å². The molecule has 2 aromatic rings. The summed E-state index contributed by atoms with van der Waals surface area (Å²) in [6.45, 7) is 0. The number of rotatable bonds is 2. The van der Waals surface area contributed by atoms with Crippen molar-refractivity contribution in [2.24, 2.45) is 0 Å². The molecule has 2 rings (SSSR count). The summed E-state index contributed by atoms with van der Waals surface area (Å²) < 4.78 is 0.599. The molecule has 2 aromatic heterocycles. The molecule has 70 valence electrons. The SMILES string of the molecule is O=C(c1ccncn1)c1ccc(Cl)s1. The molecule has 0 aliphatic heterocycles. The van der Waals surface area contributed by atoms with E-state index in [-0.39, 0.29) is 5.78 Å². The second kappa shape index (κ2) is 3.86. The zero-order chi connectivity index (χ0) is 9.97. The summed E-state index contributed by atoms with van der Waals surface area (Å²) in [5.74, 6) is -0.121. The highest BCUT2D eigenvalue weighted by Gasteiger charge is 2.11. The zero-order valence-corrected chi connectivity index (χ0v) is 8.55. The Morgan fingerprint density at radius 1 is 1.36 bits per heavy atom. The number of nitrogens with zero attached hydrogens (tertiary/aromatic N) is 2. The molecule has 0 fully saturated rings. The Hall–Kier alpha value is -1.26.